The second-order valence-corrected chi connectivity index (χ2v) is 2.10. The molecule has 11 heavy (non-hydrogen) atoms. The van der Waals surface area contributed by atoms with Gasteiger partial charge in [-0.1, -0.05) is 0 Å². The first-order valence-corrected chi connectivity index (χ1v) is 3.14. The molecule has 2 unspecified atom stereocenters. The van der Waals surface area contributed by atoms with Crippen LogP contribution in [-0.2, 0) is 4.79 Å². The highest BCUT2D eigenvalue weighted by molar-refractivity contribution is 5.76. The minimum absolute atomic E-state index is 0.107. The van der Waals surface area contributed by atoms with E-state index in [2.05, 4.69) is 12.2 Å². The van der Waals surface area contributed by atoms with Crippen LogP contribution in [0.2, 0.25) is 0 Å². The summed E-state index contributed by atoms with van der Waals surface area (Å²) >= 11 is 0. The third-order valence-corrected chi connectivity index (χ3v) is 1.10. The number of carbonyl (C=O) groups is 1. The van der Waals surface area contributed by atoms with Crippen molar-refractivity contribution in [2.24, 2.45) is 0 Å². The molecule has 1 radical (unpaired) electrons. The number of hydrogen-bond acceptors (Lipinski definition) is 4. The third kappa shape index (κ3) is 4.72. The van der Waals surface area contributed by atoms with Gasteiger partial charge in [-0.25, -0.2) is 0 Å². The van der Waals surface area contributed by atoms with Crippen LogP contribution in [0.1, 0.15) is 0 Å². The summed E-state index contributed by atoms with van der Waals surface area (Å²) in [6.07, 6.45) is -2.22. The van der Waals surface area contributed by atoms with Gasteiger partial charge < -0.3 is 20.6 Å². The van der Waals surface area contributed by atoms with Crippen LogP contribution in [0.3, 0.4) is 0 Å². The molecule has 2 atom stereocenters. The molecule has 0 spiro atoms. The predicted octanol–water partition coefficient (Wildman–Crippen LogP) is -2.35. The molecule has 0 bridgehead atoms. The van der Waals surface area contributed by atoms with Gasteiger partial charge in [-0.3, -0.25) is 4.79 Å². The Bertz CT molecular complexity index is 126. The van der Waals surface area contributed by atoms with Gasteiger partial charge in [0, 0.05) is 6.54 Å². The maximum Gasteiger partial charge on any atom is 0.245 e. The summed E-state index contributed by atoms with van der Waals surface area (Å²) in [5.74, 6) is -0.593. The van der Waals surface area contributed by atoms with E-state index in [9.17, 15) is 4.79 Å². The summed E-state index contributed by atoms with van der Waals surface area (Å²) in [5, 5.41) is 27.9. The van der Waals surface area contributed by atoms with Crippen LogP contribution < -0.4 is 5.32 Å². The van der Waals surface area contributed by atoms with Gasteiger partial charge in [0.05, 0.1) is 12.2 Å². The van der Waals surface area contributed by atoms with Crippen molar-refractivity contribution in [3.05, 3.63) is 6.92 Å². The molecule has 0 heterocycles. The summed E-state index contributed by atoms with van der Waals surface area (Å²) in [5.41, 5.74) is 0. The van der Waals surface area contributed by atoms with Crippen LogP contribution in [0.5, 0.6) is 0 Å². The van der Waals surface area contributed by atoms with Crippen molar-refractivity contribution in [1.29, 1.82) is 0 Å². The van der Waals surface area contributed by atoms with Crippen LogP contribution >= 0.6 is 0 Å². The molecular weight excluding hydrogens is 150 g/mol. The van der Waals surface area contributed by atoms with Crippen molar-refractivity contribution in [3.8, 4) is 0 Å². The third-order valence-electron chi connectivity index (χ3n) is 1.10. The molecule has 0 saturated heterocycles. The number of rotatable bonds is 4. The van der Waals surface area contributed by atoms with Gasteiger partial charge in [0.2, 0.25) is 5.91 Å². The van der Waals surface area contributed by atoms with E-state index in [-0.39, 0.29) is 6.54 Å². The van der Waals surface area contributed by atoms with Crippen molar-refractivity contribution in [3.63, 3.8) is 0 Å². The molecule has 0 aliphatic rings. The Morgan fingerprint density at radius 3 is 2.45 bits per heavy atom. The summed E-state index contributed by atoms with van der Waals surface area (Å²) in [6, 6.07) is 0. The van der Waals surface area contributed by atoms with Gasteiger partial charge in [0.15, 0.2) is 0 Å². The molecule has 5 heteroatoms. The SMILES string of the molecule is [CH2]C(O)C(O)CNC(=O)CO. The van der Waals surface area contributed by atoms with Crippen molar-refractivity contribution >= 4 is 5.91 Å². The second-order valence-electron chi connectivity index (χ2n) is 2.10. The predicted molar refractivity (Wildman–Crippen MR) is 37.5 cm³/mol. The van der Waals surface area contributed by atoms with Crippen molar-refractivity contribution in [2.75, 3.05) is 13.2 Å². The fourth-order valence-corrected chi connectivity index (χ4v) is 0.410. The summed E-state index contributed by atoms with van der Waals surface area (Å²) in [7, 11) is 0. The van der Waals surface area contributed by atoms with Crippen molar-refractivity contribution in [2.45, 2.75) is 12.2 Å². The Morgan fingerprint density at radius 1 is 1.55 bits per heavy atom. The zero-order valence-electron chi connectivity index (χ0n) is 6.03. The van der Waals surface area contributed by atoms with E-state index in [1.165, 1.54) is 0 Å². The van der Waals surface area contributed by atoms with E-state index in [1.807, 2.05) is 0 Å². The monoisotopic (exact) mass is 162 g/mol. The smallest absolute Gasteiger partial charge is 0.245 e. The number of aliphatic hydroxyl groups is 3. The van der Waals surface area contributed by atoms with Gasteiger partial charge in [-0.05, 0) is 6.92 Å². The lowest BCUT2D eigenvalue weighted by atomic mass is 10.2. The van der Waals surface area contributed by atoms with Gasteiger partial charge in [-0.15, -0.1) is 0 Å². The van der Waals surface area contributed by atoms with Crippen molar-refractivity contribution in [1.82, 2.24) is 5.32 Å². The van der Waals surface area contributed by atoms with E-state index in [4.69, 9.17) is 15.3 Å². The zero-order chi connectivity index (χ0) is 8.85. The van der Waals surface area contributed by atoms with E-state index in [1.54, 1.807) is 0 Å². The minimum Gasteiger partial charge on any atom is -0.390 e. The molecule has 0 aromatic rings. The molecule has 0 aromatic heterocycles. The highest BCUT2D eigenvalue weighted by Crippen LogP contribution is 1.87. The van der Waals surface area contributed by atoms with Crippen LogP contribution in [0, 0.1) is 6.92 Å². The zero-order valence-corrected chi connectivity index (χ0v) is 6.03. The lowest BCUT2D eigenvalue weighted by Gasteiger charge is -2.13. The molecule has 1 amide bonds. The summed E-state index contributed by atoms with van der Waals surface area (Å²) in [4.78, 5) is 10.4. The maximum atomic E-state index is 10.4. The summed E-state index contributed by atoms with van der Waals surface area (Å²) < 4.78 is 0. The van der Waals surface area contributed by atoms with Crippen molar-refractivity contribution < 1.29 is 20.1 Å². The number of aliphatic hydroxyl groups excluding tert-OH is 3. The number of amides is 1. The Labute approximate surface area is 64.7 Å². The normalized spacial score (nSPS) is 15.6. The Morgan fingerprint density at radius 2 is 2.09 bits per heavy atom. The molecule has 0 rings (SSSR count). The van der Waals surface area contributed by atoms with Gasteiger partial charge in [0.25, 0.3) is 0 Å². The lowest BCUT2D eigenvalue weighted by Crippen LogP contribution is -2.38. The Balaban J connectivity index is 3.45. The Hall–Kier alpha value is -0.650. The minimum atomic E-state index is -1.13. The molecule has 4 N–H and O–H groups in total. The molecule has 0 aromatic carbocycles. The first-order chi connectivity index (χ1) is 5.07. The first kappa shape index (κ1) is 10.3. The fraction of sp³-hybridized carbons (Fsp3) is 0.667. The van der Waals surface area contributed by atoms with Crippen LogP contribution in [0.15, 0.2) is 0 Å². The molecule has 5 nitrogen and oxygen atoms in total. The van der Waals surface area contributed by atoms with Gasteiger partial charge in [-0.2, -0.15) is 0 Å². The summed E-state index contributed by atoms with van der Waals surface area (Å²) in [6.45, 7) is 2.40. The standard InChI is InChI=1S/C6H12NO4/c1-4(9)5(10)2-7-6(11)3-8/h4-5,8-10H,1-3H2,(H,7,11). The molecule has 0 aliphatic carbocycles. The molecule has 0 aliphatic heterocycles. The highest BCUT2D eigenvalue weighted by atomic mass is 16.3. The van der Waals surface area contributed by atoms with Gasteiger partial charge in [0.1, 0.15) is 6.61 Å². The van der Waals surface area contributed by atoms with E-state index < -0.39 is 24.7 Å². The van der Waals surface area contributed by atoms with Crippen LogP contribution in [0.25, 0.3) is 0 Å². The average Bonchev–Trinajstić information content (AvgIpc) is 1.99. The van der Waals surface area contributed by atoms with E-state index >= 15 is 0 Å². The molecule has 0 saturated carbocycles. The van der Waals surface area contributed by atoms with E-state index in [0.717, 1.165) is 0 Å². The van der Waals surface area contributed by atoms with E-state index in [0.29, 0.717) is 0 Å². The first-order valence-electron chi connectivity index (χ1n) is 3.14. The average molecular weight is 162 g/mol. The maximum absolute atomic E-state index is 10.4. The number of carbonyl (C=O) groups excluding carboxylic acids is 1. The highest BCUT2D eigenvalue weighted by Gasteiger charge is 2.11. The van der Waals surface area contributed by atoms with Gasteiger partial charge >= 0.3 is 0 Å². The fourth-order valence-electron chi connectivity index (χ4n) is 0.410. The van der Waals surface area contributed by atoms with Crippen LogP contribution in [-0.4, -0.2) is 46.6 Å². The lowest BCUT2D eigenvalue weighted by molar-refractivity contribution is -0.124. The number of hydrogen-bond donors (Lipinski definition) is 4. The molecular formula is C6H12NO4. The Kier molecular flexibility index (Phi) is 4.76. The number of nitrogens with one attached hydrogen (secondary N) is 1. The van der Waals surface area contributed by atoms with Crippen LogP contribution in [0.4, 0.5) is 0 Å². The quantitative estimate of drug-likeness (QED) is 0.372. The molecule has 0 fully saturated rings. The largest absolute Gasteiger partial charge is 0.390 e. The topological polar surface area (TPSA) is 89.8 Å². The second kappa shape index (κ2) is 5.06. The molecule has 65 valence electrons.